The lowest BCUT2D eigenvalue weighted by molar-refractivity contribution is -0.119. The number of benzene rings is 3. The fourth-order valence-corrected chi connectivity index (χ4v) is 9.09. The number of hydrogen-bond donors (Lipinski definition) is 1. The van der Waals surface area contributed by atoms with Gasteiger partial charge in [-0.05, 0) is 85.0 Å². The highest BCUT2D eigenvalue weighted by atomic mass is 35.5. The highest BCUT2D eigenvalue weighted by molar-refractivity contribution is 7.59. The number of hydrogen-bond acceptors (Lipinski definition) is 12. The average Bonchev–Trinajstić information content (AvgIpc) is 3.91. The van der Waals surface area contributed by atoms with Crippen molar-refractivity contribution in [1.82, 2.24) is 19.7 Å². The van der Waals surface area contributed by atoms with E-state index in [4.69, 9.17) is 35.5 Å². The van der Waals surface area contributed by atoms with Crippen molar-refractivity contribution >= 4 is 59.5 Å². The van der Waals surface area contributed by atoms with Crippen LogP contribution in [0.1, 0.15) is 62.4 Å². The number of ether oxygens (including phenoxy) is 4. The number of rotatable bonds is 20. The molecular formula is C48H51ClN6O6S2. The Bertz CT molecular complexity index is 2580. The molecule has 6 aromatic rings. The molecule has 12 nitrogen and oxygen atoms in total. The average molecular weight is 908 g/mol. The molecule has 0 unspecified atom stereocenters. The number of halogens is 1. The predicted molar refractivity (Wildman–Crippen MR) is 252 cm³/mol. The van der Waals surface area contributed by atoms with E-state index in [9.17, 15) is 9.59 Å². The lowest BCUT2D eigenvalue weighted by Crippen LogP contribution is -2.15. The van der Waals surface area contributed by atoms with Crippen molar-refractivity contribution in [3.8, 4) is 21.9 Å². The summed E-state index contributed by atoms with van der Waals surface area (Å²) in [7, 11) is 0. The van der Waals surface area contributed by atoms with E-state index in [0.29, 0.717) is 82.2 Å². The van der Waals surface area contributed by atoms with Crippen LogP contribution in [-0.4, -0.2) is 89.8 Å². The van der Waals surface area contributed by atoms with Gasteiger partial charge in [-0.2, -0.15) is 13.5 Å². The van der Waals surface area contributed by atoms with Gasteiger partial charge in [-0.15, -0.1) is 21.5 Å². The van der Waals surface area contributed by atoms with E-state index >= 15 is 0 Å². The maximum absolute atomic E-state index is 13.6. The second-order valence-electron chi connectivity index (χ2n) is 15.4. The lowest BCUT2D eigenvalue weighted by atomic mass is 9.99. The molecule has 0 saturated carbocycles. The summed E-state index contributed by atoms with van der Waals surface area (Å²) in [5.41, 5.74) is 9.11. The maximum Gasteiger partial charge on any atom is 0.163 e. The van der Waals surface area contributed by atoms with E-state index < -0.39 is 6.04 Å². The van der Waals surface area contributed by atoms with Crippen LogP contribution in [0, 0.1) is 20.8 Å². The van der Waals surface area contributed by atoms with Crippen LogP contribution in [0.25, 0.3) is 16.1 Å². The summed E-state index contributed by atoms with van der Waals surface area (Å²) in [6.45, 7) is 9.90. The van der Waals surface area contributed by atoms with Gasteiger partial charge < -0.3 is 24.3 Å². The highest BCUT2D eigenvalue weighted by Gasteiger charge is 2.32. The summed E-state index contributed by atoms with van der Waals surface area (Å²) >= 11 is 7.94. The molecule has 4 heterocycles. The molecule has 15 heteroatoms. The molecule has 328 valence electrons. The second-order valence-corrected chi connectivity index (χ2v) is 17.0. The number of carbonyl (C=O) groups excluding carboxylic acids is 2. The summed E-state index contributed by atoms with van der Waals surface area (Å²) in [4.78, 5) is 36.4. The monoisotopic (exact) mass is 906 g/mol. The molecule has 1 atom stereocenters. The topological polar surface area (TPSA) is 139 Å². The van der Waals surface area contributed by atoms with Crippen molar-refractivity contribution in [3.05, 3.63) is 140 Å². The lowest BCUT2D eigenvalue weighted by Gasteiger charge is -2.13. The van der Waals surface area contributed by atoms with Crippen LogP contribution in [-0.2, 0) is 43.1 Å². The first-order chi connectivity index (χ1) is 30.2. The number of pyridine rings is 1. The quantitative estimate of drug-likeness (QED) is 0.0744. The van der Waals surface area contributed by atoms with Crippen molar-refractivity contribution in [2.75, 3.05) is 58.1 Å². The molecule has 0 fully saturated rings. The minimum Gasteiger partial charge on any atom is -0.491 e. The van der Waals surface area contributed by atoms with Crippen LogP contribution >= 0.6 is 36.4 Å². The van der Waals surface area contributed by atoms with Crippen LogP contribution < -0.4 is 10.1 Å². The SMILES string of the molecule is Cc1sc2c(c1C)C(c1ccc(Cl)cc1)=N[C@@H](CC(=O)Cc1ccc(OCCOCCOCCOCCNc3ncccc3-c3ccc4c(c3)CC(=O)C4)cc1)c1nnc(C)n1-2.S. The highest BCUT2D eigenvalue weighted by Crippen LogP contribution is 2.40. The number of nitrogens with one attached hydrogen (secondary N) is 1. The number of aryl methyl sites for hydroxylation is 2. The molecule has 1 aliphatic heterocycles. The number of aromatic nitrogens is 4. The zero-order chi connectivity index (χ0) is 43.0. The van der Waals surface area contributed by atoms with Gasteiger partial charge in [0.15, 0.2) is 5.82 Å². The Balaban J connectivity index is 0.00000595. The number of aliphatic imine (C=N–C) groups is 1. The van der Waals surface area contributed by atoms with Gasteiger partial charge in [0.1, 0.15) is 46.6 Å². The van der Waals surface area contributed by atoms with Crippen molar-refractivity contribution in [1.29, 1.82) is 0 Å². The van der Waals surface area contributed by atoms with Crippen LogP contribution in [0.2, 0.25) is 5.02 Å². The molecule has 8 rings (SSSR count). The Morgan fingerprint density at radius 2 is 1.54 bits per heavy atom. The number of anilines is 1. The van der Waals surface area contributed by atoms with E-state index in [1.54, 1.807) is 17.5 Å². The van der Waals surface area contributed by atoms with Crippen molar-refractivity contribution < 1.29 is 28.5 Å². The third kappa shape index (κ3) is 11.1. The van der Waals surface area contributed by atoms with Crippen molar-refractivity contribution in [2.45, 2.75) is 52.5 Å². The summed E-state index contributed by atoms with van der Waals surface area (Å²) in [5, 5.41) is 14.0. The fourth-order valence-electron chi connectivity index (χ4n) is 7.75. The van der Waals surface area contributed by atoms with Gasteiger partial charge >= 0.3 is 0 Å². The zero-order valence-corrected chi connectivity index (χ0v) is 38.2. The van der Waals surface area contributed by atoms with E-state index in [1.807, 2.05) is 73.7 Å². The first kappa shape index (κ1) is 45.8. The largest absolute Gasteiger partial charge is 0.491 e. The van der Waals surface area contributed by atoms with Gasteiger partial charge in [-0.25, -0.2) is 4.98 Å². The molecule has 3 aromatic heterocycles. The minimum absolute atomic E-state index is 0. The Kier molecular flexibility index (Phi) is 15.6. The van der Waals surface area contributed by atoms with E-state index in [2.05, 4.69) is 51.0 Å². The summed E-state index contributed by atoms with van der Waals surface area (Å²) in [5.74, 6) is 3.23. The van der Waals surface area contributed by atoms with Gasteiger partial charge in [-0.3, -0.25) is 19.1 Å². The van der Waals surface area contributed by atoms with Gasteiger partial charge in [0.25, 0.3) is 0 Å². The first-order valence-corrected chi connectivity index (χ1v) is 22.1. The molecule has 1 aliphatic carbocycles. The standard InChI is InChI=1S/C48H49ClN6O6S.H2S/c1-30-31(2)62-48-44(30)45(34-10-12-38(49)13-11-34)52-43(47-54-53-32(3)55(47)48)29-39(56)25-33-6-14-41(15-7-33)61-24-23-60-22-21-59-20-19-58-18-17-51-46-42(5-4-16-50-46)36-9-8-35-27-40(57)28-37(35)26-36;/h4-16,26,43H,17-25,27-29H2,1-3H3,(H,50,51);1H2/t43-;/m0./s1. The molecule has 63 heavy (non-hydrogen) atoms. The molecule has 0 radical (unpaired) electrons. The summed E-state index contributed by atoms with van der Waals surface area (Å²) in [6.07, 6.45) is 3.24. The molecule has 3 aromatic carbocycles. The fraction of sp³-hybridized carbons (Fsp3) is 0.333. The molecule has 1 N–H and O–H groups in total. The molecule has 0 spiro atoms. The Morgan fingerprint density at radius 3 is 2.30 bits per heavy atom. The van der Waals surface area contributed by atoms with Gasteiger partial charge in [-0.1, -0.05) is 54.1 Å². The van der Waals surface area contributed by atoms with Crippen LogP contribution in [0.5, 0.6) is 5.75 Å². The number of ketones is 2. The third-order valence-electron chi connectivity index (χ3n) is 11.0. The normalized spacial score (nSPS) is 14.0. The van der Waals surface area contributed by atoms with Crippen molar-refractivity contribution in [3.63, 3.8) is 0 Å². The Hall–Kier alpha value is -5.22. The third-order valence-corrected chi connectivity index (χ3v) is 12.4. The molecule has 0 amide bonds. The number of nitrogens with zero attached hydrogens (tertiary/aromatic N) is 5. The smallest absolute Gasteiger partial charge is 0.163 e. The molecule has 2 aliphatic rings. The van der Waals surface area contributed by atoms with Crippen LogP contribution in [0.3, 0.4) is 0 Å². The van der Waals surface area contributed by atoms with Gasteiger partial charge in [0.05, 0.1) is 45.4 Å². The molecular weight excluding hydrogens is 856 g/mol. The van der Waals surface area contributed by atoms with Crippen LogP contribution in [0.15, 0.2) is 90.1 Å². The molecule has 0 saturated heterocycles. The summed E-state index contributed by atoms with van der Waals surface area (Å²) < 4.78 is 25.0. The second kappa shape index (κ2) is 21.4. The first-order valence-electron chi connectivity index (χ1n) is 20.9. The predicted octanol–water partition coefficient (Wildman–Crippen LogP) is 8.38. The molecule has 0 bridgehead atoms. The summed E-state index contributed by atoms with van der Waals surface area (Å²) in [6, 6.07) is 24.9. The number of thiophene rings is 1. The Labute approximate surface area is 383 Å². The van der Waals surface area contributed by atoms with Gasteiger partial charge in [0, 0.05) is 65.0 Å². The van der Waals surface area contributed by atoms with E-state index in [0.717, 1.165) is 66.9 Å². The number of carbonyl (C=O) groups is 2. The van der Waals surface area contributed by atoms with Crippen molar-refractivity contribution in [2.24, 2.45) is 4.99 Å². The van der Waals surface area contributed by atoms with E-state index in [-0.39, 0.29) is 37.9 Å². The van der Waals surface area contributed by atoms with Gasteiger partial charge in [0.2, 0.25) is 0 Å². The zero-order valence-electron chi connectivity index (χ0n) is 35.6. The maximum atomic E-state index is 13.6. The number of fused-ring (bicyclic) bond motifs is 4. The van der Waals surface area contributed by atoms with E-state index in [1.165, 1.54) is 4.88 Å². The number of Topliss-reactive ketones (excluding diaryl/α,β-unsaturated/α-hetero) is 2. The van der Waals surface area contributed by atoms with Crippen LogP contribution in [0.4, 0.5) is 5.82 Å². The minimum atomic E-state index is -0.506. The Morgan fingerprint density at radius 1 is 0.841 bits per heavy atom.